The van der Waals surface area contributed by atoms with E-state index >= 15 is 0 Å². The molecule has 1 aromatic heterocycles. The molecular weight excluding hydrogens is 247 g/mol. The van der Waals surface area contributed by atoms with Crippen molar-refractivity contribution < 1.29 is 4.39 Å². The lowest BCUT2D eigenvalue weighted by molar-refractivity contribution is 0.0965. The molecular formula is C14H17FN2S. The summed E-state index contributed by atoms with van der Waals surface area (Å²) in [5.74, 6) is 0. The van der Waals surface area contributed by atoms with E-state index in [-0.39, 0.29) is 6.04 Å². The van der Waals surface area contributed by atoms with Gasteiger partial charge in [0.25, 0.3) is 0 Å². The number of hydrogen-bond donors (Lipinski definition) is 1. The van der Waals surface area contributed by atoms with E-state index in [1.807, 2.05) is 24.3 Å². The number of thiazole rings is 1. The molecule has 2 nitrogen and oxygen atoms in total. The highest BCUT2D eigenvalue weighted by atomic mass is 32.1. The Morgan fingerprint density at radius 2 is 2.28 bits per heavy atom. The number of halogens is 1. The highest BCUT2D eigenvalue weighted by Gasteiger charge is 2.36. The summed E-state index contributed by atoms with van der Waals surface area (Å²) in [6.07, 6.45) is 3.35. The number of aromatic nitrogens is 1. The van der Waals surface area contributed by atoms with Gasteiger partial charge in [0.1, 0.15) is 5.67 Å². The topological polar surface area (TPSA) is 38.9 Å². The van der Waals surface area contributed by atoms with E-state index in [4.69, 9.17) is 5.73 Å². The van der Waals surface area contributed by atoms with Crippen molar-refractivity contribution in [1.29, 1.82) is 0 Å². The number of nitrogens with zero attached hydrogens (tertiary/aromatic N) is 1. The van der Waals surface area contributed by atoms with Crippen LogP contribution in [0.25, 0.3) is 10.2 Å². The van der Waals surface area contributed by atoms with Crippen molar-refractivity contribution in [3.8, 4) is 0 Å². The minimum Gasteiger partial charge on any atom is -0.328 e. The van der Waals surface area contributed by atoms with Gasteiger partial charge in [-0.05, 0) is 37.8 Å². The molecule has 0 saturated heterocycles. The van der Waals surface area contributed by atoms with Crippen LogP contribution in [0.1, 0.15) is 30.7 Å². The van der Waals surface area contributed by atoms with E-state index in [0.29, 0.717) is 19.3 Å². The molecule has 4 heteroatoms. The van der Waals surface area contributed by atoms with Gasteiger partial charge in [-0.1, -0.05) is 12.1 Å². The van der Waals surface area contributed by atoms with Crippen LogP contribution in [0.15, 0.2) is 24.3 Å². The largest absolute Gasteiger partial charge is 0.328 e. The summed E-state index contributed by atoms with van der Waals surface area (Å²) in [6.45, 7) is 0. The fourth-order valence-electron chi connectivity index (χ4n) is 2.78. The standard InChI is InChI=1S/C14H17FN2S/c15-14(7-3-4-10(16)8-14)9-13-17-11-5-1-2-6-12(11)18-13/h1-2,5-6,10H,3-4,7-9,16H2. The SMILES string of the molecule is NC1CCCC(F)(Cc2nc3ccccc3s2)C1. The second-order valence-electron chi connectivity index (χ2n) is 5.26. The lowest BCUT2D eigenvalue weighted by Crippen LogP contribution is -2.39. The smallest absolute Gasteiger partial charge is 0.118 e. The second kappa shape index (κ2) is 4.59. The van der Waals surface area contributed by atoms with Gasteiger partial charge < -0.3 is 5.73 Å². The molecule has 2 aromatic rings. The average Bonchev–Trinajstić information content (AvgIpc) is 2.69. The van der Waals surface area contributed by atoms with Crippen LogP contribution in [-0.2, 0) is 6.42 Å². The van der Waals surface area contributed by atoms with Gasteiger partial charge in [0.2, 0.25) is 0 Å². The third-order valence-corrected chi connectivity index (χ3v) is 4.67. The summed E-state index contributed by atoms with van der Waals surface area (Å²) in [5.41, 5.74) is 5.71. The van der Waals surface area contributed by atoms with Crippen molar-refractivity contribution in [2.24, 2.45) is 5.73 Å². The van der Waals surface area contributed by atoms with E-state index in [2.05, 4.69) is 4.98 Å². The predicted molar refractivity (Wildman–Crippen MR) is 73.6 cm³/mol. The van der Waals surface area contributed by atoms with Gasteiger partial charge in [-0.25, -0.2) is 9.37 Å². The van der Waals surface area contributed by atoms with E-state index in [0.717, 1.165) is 28.1 Å². The monoisotopic (exact) mass is 264 g/mol. The second-order valence-corrected chi connectivity index (χ2v) is 6.37. The molecule has 1 aliphatic carbocycles. The van der Waals surface area contributed by atoms with Crippen LogP contribution in [0, 0.1) is 0 Å². The number of para-hydroxylation sites is 1. The zero-order valence-corrected chi connectivity index (χ0v) is 11.0. The molecule has 1 heterocycles. The average molecular weight is 264 g/mol. The molecule has 2 N–H and O–H groups in total. The molecule has 0 spiro atoms. The van der Waals surface area contributed by atoms with Crippen LogP contribution in [0.2, 0.25) is 0 Å². The first-order chi connectivity index (χ1) is 8.65. The molecule has 0 bridgehead atoms. The van der Waals surface area contributed by atoms with Crippen LogP contribution in [0.3, 0.4) is 0 Å². The normalized spacial score (nSPS) is 28.7. The number of hydrogen-bond acceptors (Lipinski definition) is 3. The third kappa shape index (κ3) is 2.40. The quantitative estimate of drug-likeness (QED) is 0.902. The molecule has 0 aliphatic heterocycles. The molecule has 3 rings (SSSR count). The van der Waals surface area contributed by atoms with Crippen LogP contribution < -0.4 is 5.73 Å². The zero-order valence-electron chi connectivity index (χ0n) is 10.2. The molecule has 1 aliphatic rings. The fraction of sp³-hybridized carbons (Fsp3) is 0.500. The minimum absolute atomic E-state index is 0.0122. The van der Waals surface area contributed by atoms with Crippen LogP contribution in [-0.4, -0.2) is 16.7 Å². The van der Waals surface area contributed by atoms with E-state index in [1.165, 1.54) is 0 Å². The first-order valence-electron chi connectivity index (χ1n) is 6.44. The summed E-state index contributed by atoms with van der Waals surface area (Å²) in [4.78, 5) is 4.51. The fourth-order valence-corrected chi connectivity index (χ4v) is 3.88. The highest BCUT2D eigenvalue weighted by Crippen LogP contribution is 2.36. The van der Waals surface area contributed by atoms with Gasteiger partial charge in [-0.2, -0.15) is 0 Å². The van der Waals surface area contributed by atoms with E-state index in [1.54, 1.807) is 11.3 Å². The van der Waals surface area contributed by atoms with Crippen molar-refractivity contribution in [2.75, 3.05) is 0 Å². The van der Waals surface area contributed by atoms with Gasteiger partial charge in [-0.15, -0.1) is 11.3 Å². The molecule has 2 unspecified atom stereocenters. The molecule has 96 valence electrons. The Morgan fingerprint density at radius 3 is 3.06 bits per heavy atom. The molecule has 1 aromatic carbocycles. The van der Waals surface area contributed by atoms with Gasteiger partial charge in [0.15, 0.2) is 0 Å². The Kier molecular flexibility index (Phi) is 3.08. The van der Waals surface area contributed by atoms with Crippen molar-refractivity contribution in [3.05, 3.63) is 29.3 Å². The third-order valence-electron chi connectivity index (χ3n) is 3.63. The molecule has 1 fully saturated rings. The Balaban J connectivity index is 1.82. The molecule has 0 radical (unpaired) electrons. The van der Waals surface area contributed by atoms with Gasteiger partial charge >= 0.3 is 0 Å². The Bertz CT molecular complexity index is 520. The van der Waals surface area contributed by atoms with Crippen LogP contribution >= 0.6 is 11.3 Å². The summed E-state index contributed by atoms with van der Waals surface area (Å²) in [7, 11) is 0. The zero-order chi connectivity index (χ0) is 12.6. The maximum Gasteiger partial charge on any atom is 0.118 e. The Morgan fingerprint density at radius 1 is 1.44 bits per heavy atom. The van der Waals surface area contributed by atoms with Crippen molar-refractivity contribution in [2.45, 2.75) is 43.8 Å². The van der Waals surface area contributed by atoms with Crippen molar-refractivity contribution in [1.82, 2.24) is 4.98 Å². The Labute approximate surface area is 110 Å². The summed E-state index contributed by atoms with van der Waals surface area (Å²) >= 11 is 1.60. The molecule has 1 saturated carbocycles. The lowest BCUT2D eigenvalue weighted by atomic mass is 9.81. The highest BCUT2D eigenvalue weighted by molar-refractivity contribution is 7.18. The molecule has 0 amide bonds. The van der Waals surface area contributed by atoms with Gasteiger partial charge in [0.05, 0.1) is 15.2 Å². The first kappa shape index (κ1) is 12.1. The van der Waals surface area contributed by atoms with E-state index < -0.39 is 5.67 Å². The van der Waals surface area contributed by atoms with Crippen molar-refractivity contribution in [3.63, 3.8) is 0 Å². The lowest BCUT2D eigenvalue weighted by Gasteiger charge is -2.32. The number of alkyl halides is 1. The number of rotatable bonds is 2. The summed E-state index contributed by atoms with van der Waals surface area (Å²) < 4.78 is 15.9. The summed E-state index contributed by atoms with van der Waals surface area (Å²) in [5, 5.41) is 0.896. The van der Waals surface area contributed by atoms with Crippen LogP contribution in [0.5, 0.6) is 0 Å². The molecule has 2 atom stereocenters. The van der Waals surface area contributed by atoms with Crippen LogP contribution in [0.4, 0.5) is 4.39 Å². The van der Waals surface area contributed by atoms with Gasteiger partial charge in [-0.3, -0.25) is 0 Å². The maximum absolute atomic E-state index is 14.7. The van der Waals surface area contributed by atoms with Crippen molar-refractivity contribution >= 4 is 21.6 Å². The first-order valence-corrected chi connectivity index (χ1v) is 7.25. The van der Waals surface area contributed by atoms with E-state index in [9.17, 15) is 4.39 Å². The predicted octanol–water partition coefficient (Wildman–Crippen LogP) is 3.45. The minimum atomic E-state index is -1.15. The molecule has 18 heavy (non-hydrogen) atoms. The number of nitrogens with two attached hydrogens (primary N) is 1. The number of fused-ring (bicyclic) bond motifs is 1. The maximum atomic E-state index is 14.7. The summed E-state index contributed by atoms with van der Waals surface area (Å²) in [6, 6.07) is 7.98. The number of benzene rings is 1. The van der Waals surface area contributed by atoms with Gasteiger partial charge in [0, 0.05) is 12.5 Å². The Hall–Kier alpha value is -1.00.